The predicted octanol–water partition coefficient (Wildman–Crippen LogP) is 8.18. The van der Waals surface area contributed by atoms with Crippen LogP contribution in [0.15, 0.2) is 40.9 Å². The lowest BCUT2D eigenvalue weighted by Gasteiger charge is -2.34. The minimum absolute atomic E-state index is 0.184. The normalized spacial score (nSPS) is 16.7. The monoisotopic (exact) mass is 668 g/mol. The molecule has 1 aromatic heterocycles. The quantitative estimate of drug-likeness (QED) is 0.213. The number of carbonyl (C=O) groups is 1. The van der Waals surface area contributed by atoms with Gasteiger partial charge in [-0.25, -0.2) is 9.78 Å². The number of hydrogen-bond donors (Lipinski definition) is 0. The van der Waals surface area contributed by atoms with Gasteiger partial charge < -0.3 is 24.0 Å². The molecular weight excluding hydrogens is 624 g/mol. The zero-order valence-electron chi connectivity index (χ0n) is 26.6. The van der Waals surface area contributed by atoms with Crippen LogP contribution in [0, 0.1) is 0 Å². The molecule has 232 valence electrons. The van der Waals surface area contributed by atoms with E-state index in [9.17, 15) is 4.79 Å². The summed E-state index contributed by atoms with van der Waals surface area (Å²) >= 11 is 3.91. The largest absolute Gasteiger partial charge is 0.483 e. The number of halogens is 1. The number of hydrogen-bond acceptors (Lipinski definition) is 7. The number of carbonyl (C=O) groups excluding carboxylic acids is 1. The van der Waals surface area contributed by atoms with E-state index < -0.39 is 13.7 Å². The van der Waals surface area contributed by atoms with Crippen LogP contribution >= 0.6 is 15.9 Å². The fourth-order valence-corrected chi connectivity index (χ4v) is 6.53. The molecule has 0 unspecified atom stereocenters. The summed E-state index contributed by atoms with van der Waals surface area (Å²) in [6.07, 6.45) is 1.88. The van der Waals surface area contributed by atoms with Crippen molar-refractivity contribution >= 4 is 46.9 Å². The summed E-state index contributed by atoms with van der Waals surface area (Å²) in [5.41, 5.74) is 2.56. The van der Waals surface area contributed by atoms with Crippen molar-refractivity contribution in [1.29, 1.82) is 0 Å². The summed E-state index contributed by atoms with van der Waals surface area (Å²) in [6.45, 7) is 17.8. The standard InChI is InChI=1S/C33H45BrN4O4Si/c1-22(23-11-9-8-10-12-23)41-29-27(34)25(24-13-14-24)21-26-28(29)35-31(36-30(26)42-33(2,3)4)37-15-17-38(18-16-37)32(39)40-19-20-43(5,6)7/h8-12,21-22,24H,13-20H2,1-7H3/t22-/m0/s1. The SMILES string of the molecule is C[C@H](Oc1c(Br)c(C2CC2)cc2c(OC(C)(C)C)nc(N3CCN(C(=O)OCC[Si](C)(C)C)CC3)nc12)c1ccccc1. The van der Waals surface area contributed by atoms with Gasteiger partial charge in [-0.1, -0.05) is 50.0 Å². The van der Waals surface area contributed by atoms with Gasteiger partial charge in [0.1, 0.15) is 17.2 Å². The molecule has 0 bridgehead atoms. The molecule has 2 fully saturated rings. The number of benzene rings is 2. The highest BCUT2D eigenvalue weighted by molar-refractivity contribution is 9.10. The maximum absolute atomic E-state index is 12.7. The van der Waals surface area contributed by atoms with E-state index in [2.05, 4.69) is 65.6 Å². The van der Waals surface area contributed by atoms with Crippen LogP contribution in [0.1, 0.15) is 63.7 Å². The number of piperazine rings is 1. The summed E-state index contributed by atoms with van der Waals surface area (Å²) < 4.78 is 19.8. The molecule has 1 aliphatic heterocycles. The summed E-state index contributed by atoms with van der Waals surface area (Å²) in [7, 11) is -1.27. The lowest BCUT2D eigenvalue weighted by atomic mass is 10.1. The minimum atomic E-state index is -1.27. The Bertz CT molecular complexity index is 1450. The Hall–Kier alpha value is -2.85. The van der Waals surface area contributed by atoms with Crippen molar-refractivity contribution in [2.45, 2.75) is 83.8 Å². The second-order valence-corrected chi connectivity index (χ2v) is 20.3. The van der Waals surface area contributed by atoms with E-state index in [0.29, 0.717) is 56.3 Å². The van der Waals surface area contributed by atoms with Gasteiger partial charge in [0, 0.05) is 34.3 Å². The van der Waals surface area contributed by atoms with Crippen molar-refractivity contribution in [2.24, 2.45) is 0 Å². The summed E-state index contributed by atoms with van der Waals surface area (Å²) in [5.74, 6) is 2.31. The Kier molecular flexibility index (Phi) is 9.28. The van der Waals surface area contributed by atoms with Crippen molar-refractivity contribution < 1.29 is 19.0 Å². The molecule has 1 amide bonds. The number of fused-ring (bicyclic) bond motifs is 1. The van der Waals surface area contributed by atoms with Gasteiger partial charge in [0.15, 0.2) is 5.75 Å². The number of ether oxygens (including phenoxy) is 3. The molecule has 43 heavy (non-hydrogen) atoms. The summed E-state index contributed by atoms with van der Waals surface area (Å²) in [6, 6.07) is 13.4. The Morgan fingerprint density at radius 2 is 1.74 bits per heavy atom. The topological polar surface area (TPSA) is 77.0 Å². The highest BCUT2D eigenvalue weighted by Crippen LogP contribution is 2.50. The molecule has 8 nitrogen and oxygen atoms in total. The van der Waals surface area contributed by atoms with Gasteiger partial charge in [-0.3, -0.25) is 0 Å². The molecule has 1 saturated carbocycles. The lowest BCUT2D eigenvalue weighted by molar-refractivity contribution is 0.104. The van der Waals surface area contributed by atoms with E-state index in [0.717, 1.165) is 39.8 Å². The average Bonchev–Trinajstić information content (AvgIpc) is 3.79. The minimum Gasteiger partial charge on any atom is -0.483 e. The Labute approximate surface area is 265 Å². The van der Waals surface area contributed by atoms with E-state index in [4.69, 9.17) is 24.2 Å². The Balaban J connectivity index is 1.47. The van der Waals surface area contributed by atoms with Crippen molar-refractivity contribution in [3.63, 3.8) is 0 Å². The van der Waals surface area contributed by atoms with Gasteiger partial charge in [-0.15, -0.1) is 0 Å². The Morgan fingerprint density at radius 1 is 1.07 bits per heavy atom. The number of aromatic nitrogens is 2. The third-order valence-corrected chi connectivity index (χ3v) is 10.3. The van der Waals surface area contributed by atoms with Crippen LogP contribution < -0.4 is 14.4 Å². The Morgan fingerprint density at radius 3 is 2.35 bits per heavy atom. The molecule has 1 atom stereocenters. The van der Waals surface area contributed by atoms with Gasteiger partial charge >= 0.3 is 6.09 Å². The van der Waals surface area contributed by atoms with Crippen LogP contribution in [-0.4, -0.2) is 67.4 Å². The lowest BCUT2D eigenvalue weighted by Crippen LogP contribution is -2.49. The van der Waals surface area contributed by atoms with Gasteiger partial charge in [-0.05, 0) is 85.6 Å². The van der Waals surface area contributed by atoms with Crippen molar-refractivity contribution in [2.75, 3.05) is 37.7 Å². The van der Waals surface area contributed by atoms with E-state index >= 15 is 0 Å². The maximum atomic E-state index is 12.7. The summed E-state index contributed by atoms with van der Waals surface area (Å²) in [5, 5.41) is 0.851. The zero-order chi connectivity index (χ0) is 30.9. The molecule has 1 saturated heterocycles. The van der Waals surface area contributed by atoms with Crippen LogP contribution in [0.5, 0.6) is 11.6 Å². The first-order chi connectivity index (χ1) is 20.3. The smallest absolute Gasteiger partial charge is 0.409 e. The number of amides is 1. The van der Waals surface area contributed by atoms with Crippen molar-refractivity contribution in [3.8, 4) is 11.6 Å². The van der Waals surface area contributed by atoms with E-state index in [1.54, 1.807) is 4.90 Å². The molecule has 2 aliphatic rings. The first kappa shape index (κ1) is 31.6. The molecule has 3 aromatic rings. The molecule has 5 rings (SSSR count). The molecule has 0 spiro atoms. The fourth-order valence-electron chi connectivity index (χ4n) is 5.10. The number of rotatable bonds is 9. The van der Waals surface area contributed by atoms with Crippen LogP contribution in [0.3, 0.4) is 0 Å². The third kappa shape index (κ3) is 8.00. The third-order valence-electron chi connectivity index (χ3n) is 7.75. The van der Waals surface area contributed by atoms with Crippen molar-refractivity contribution in [1.82, 2.24) is 14.9 Å². The number of anilines is 1. The van der Waals surface area contributed by atoms with E-state index in [1.165, 1.54) is 5.56 Å². The molecule has 0 N–H and O–H groups in total. The van der Waals surface area contributed by atoms with Crippen LogP contribution in [0.4, 0.5) is 10.7 Å². The number of nitrogens with zero attached hydrogens (tertiary/aromatic N) is 4. The highest BCUT2D eigenvalue weighted by atomic mass is 79.9. The van der Waals surface area contributed by atoms with E-state index in [-0.39, 0.29) is 12.2 Å². The first-order valence-electron chi connectivity index (χ1n) is 15.4. The molecular formula is C33H45BrN4O4Si. The van der Waals surface area contributed by atoms with Crippen molar-refractivity contribution in [3.05, 3.63) is 52.0 Å². The predicted molar refractivity (Wildman–Crippen MR) is 178 cm³/mol. The van der Waals surface area contributed by atoms with Gasteiger partial charge in [0.25, 0.3) is 0 Å². The highest BCUT2D eigenvalue weighted by Gasteiger charge is 2.32. The average molecular weight is 670 g/mol. The fraction of sp³-hybridized carbons (Fsp3) is 0.545. The van der Waals surface area contributed by atoms with E-state index in [1.807, 2.05) is 39.0 Å². The maximum Gasteiger partial charge on any atom is 0.409 e. The summed E-state index contributed by atoms with van der Waals surface area (Å²) in [4.78, 5) is 26.7. The van der Waals surface area contributed by atoms with Gasteiger partial charge in [0.05, 0.1) is 16.5 Å². The van der Waals surface area contributed by atoms with Crippen LogP contribution in [0.2, 0.25) is 25.7 Å². The second kappa shape index (κ2) is 12.6. The van der Waals surface area contributed by atoms with Crippen LogP contribution in [0.25, 0.3) is 10.9 Å². The zero-order valence-corrected chi connectivity index (χ0v) is 29.2. The first-order valence-corrected chi connectivity index (χ1v) is 19.9. The molecule has 0 radical (unpaired) electrons. The molecule has 2 heterocycles. The molecule has 2 aromatic carbocycles. The van der Waals surface area contributed by atoms with Gasteiger partial charge in [0.2, 0.25) is 11.8 Å². The molecule has 1 aliphatic carbocycles. The van der Waals surface area contributed by atoms with Gasteiger partial charge in [-0.2, -0.15) is 4.98 Å². The second-order valence-electron chi connectivity index (χ2n) is 13.9. The van der Waals surface area contributed by atoms with Crippen LogP contribution in [-0.2, 0) is 4.74 Å². The molecule has 10 heteroatoms.